The van der Waals surface area contributed by atoms with Crippen LogP contribution in [0.25, 0.3) is 21.6 Å². The van der Waals surface area contributed by atoms with E-state index in [9.17, 15) is 4.79 Å². The molecule has 2 N–H and O–H groups in total. The summed E-state index contributed by atoms with van der Waals surface area (Å²) >= 11 is 3.06. The molecule has 0 fully saturated rings. The Morgan fingerprint density at radius 3 is 2.92 bits per heavy atom. The number of hydrogen-bond acceptors (Lipinski definition) is 5. The van der Waals surface area contributed by atoms with Crippen LogP contribution < -0.4 is 5.32 Å². The van der Waals surface area contributed by atoms with Crippen LogP contribution in [-0.4, -0.2) is 27.4 Å². The quantitative estimate of drug-likeness (QED) is 0.559. The Hall–Kier alpha value is -2.51. The molecule has 0 bridgehead atoms. The van der Waals surface area contributed by atoms with Gasteiger partial charge < -0.3 is 10.3 Å². The summed E-state index contributed by atoms with van der Waals surface area (Å²) in [6.45, 7) is 2.41. The molecule has 4 aromatic rings. The normalized spacial score (nSPS) is 11.1. The maximum atomic E-state index is 12.4. The van der Waals surface area contributed by atoms with Crippen molar-refractivity contribution in [3.8, 4) is 10.6 Å². The molecule has 3 heterocycles. The van der Waals surface area contributed by atoms with Gasteiger partial charge in [0.15, 0.2) is 0 Å². The molecular formula is C18H16N4OS2. The van der Waals surface area contributed by atoms with Crippen LogP contribution in [0.1, 0.15) is 21.2 Å². The molecule has 0 atom stereocenters. The lowest BCUT2D eigenvalue weighted by Crippen LogP contribution is -2.25. The van der Waals surface area contributed by atoms with E-state index in [-0.39, 0.29) is 5.91 Å². The number of rotatable bonds is 5. The number of thiophene rings is 1. The fourth-order valence-electron chi connectivity index (χ4n) is 2.62. The fourth-order valence-corrected chi connectivity index (χ4v) is 4.31. The lowest BCUT2D eigenvalue weighted by Gasteiger charge is -2.02. The van der Waals surface area contributed by atoms with E-state index in [1.165, 1.54) is 11.3 Å². The van der Waals surface area contributed by atoms with Crippen LogP contribution in [-0.2, 0) is 6.42 Å². The van der Waals surface area contributed by atoms with E-state index in [1.807, 2.05) is 48.0 Å². The molecule has 0 radical (unpaired) electrons. The molecule has 0 aliphatic rings. The molecule has 1 amide bonds. The molecule has 1 aromatic carbocycles. The number of nitrogens with one attached hydrogen (secondary N) is 2. The van der Waals surface area contributed by atoms with E-state index in [0.717, 1.165) is 33.1 Å². The summed E-state index contributed by atoms with van der Waals surface area (Å²) in [7, 11) is 0. The molecule has 0 unspecified atom stereocenters. The average Bonchev–Trinajstić information content (AvgIpc) is 3.33. The Bertz CT molecular complexity index is 984. The Balaban J connectivity index is 1.40. The van der Waals surface area contributed by atoms with E-state index in [2.05, 4.69) is 20.3 Å². The molecule has 0 saturated carbocycles. The molecule has 5 nitrogen and oxygen atoms in total. The number of aryl methyl sites for hydroxylation is 1. The molecule has 0 aliphatic heterocycles. The van der Waals surface area contributed by atoms with Crippen molar-refractivity contribution >= 4 is 39.6 Å². The first-order chi connectivity index (χ1) is 12.2. The van der Waals surface area contributed by atoms with Gasteiger partial charge in [0.05, 0.1) is 16.7 Å². The van der Waals surface area contributed by atoms with Gasteiger partial charge in [0.25, 0.3) is 5.91 Å². The summed E-state index contributed by atoms with van der Waals surface area (Å²) in [5, 5.41) is 7.91. The summed E-state index contributed by atoms with van der Waals surface area (Å²) in [5.41, 5.74) is 3.80. The van der Waals surface area contributed by atoms with Crippen LogP contribution in [0.2, 0.25) is 0 Å². The molecule has 0 aliphatic carbocycles. The van der Waals surface area contributed by atoms with Gasteiger partial charge in [-0.1, -0.05) is 12.1 Å². The number of amides is 1. The molecule has 3 aromatic heterocycles. The smallest absolute Gasteiger partial charge is 0.263 e. The van der Waals surface area contributed by atoms with Gasteiger partial charge in [-0.2, -0.15) is 11.3 Å². The summed E-state index contributed by atoms with van der Waals surface area (Å²) in [4.78, 5) is 25.4. The first-order valence-electron chi connectivity index (χ1n) is 7.92. The number of imidazole rings is 1. The fraction of sp³-hybridized carbons (Fsp3) is 0.167. The summed E-state index contributed by atoms with van der Waals surface area (Å²) < 4.78 is 0. The van der Waals surface area contributed by atoms with Gasteiger partial charge in [0.2, 0.25) is 0 Å². The zero-order chi connectivity index (χ0) is 17.2. The van der Waals surface area contributed by atoms with Crippen LogP contribution in [0, 0.1) is 6.92 Å². The van der Waals surface area contributed by atoms with Gasteiger partial charge in [-0.25, -0.2) is 9.97 Å². The highest BCUT2D eigenvalue weighted by Crippen LogP contribution is 2.29. The van der Waals surface area contributed by atoms with Crippen molar-refractivity contribution in [1.82, 2.24) is 20.3 Å². The van der Waals surface area contributed by atoms with Gasteiger partial charge in [0.1, 0.15) is 15.7 Å². The number of hydrogen-bond donors (Lipinski definition) is 2. The maximum Gasteiger partial charge on any atom is 0.263 e. The monoisotopic (exact) mass is 368 g/mol. The zero-order valence-corrected chi connectivity index (χ0v) is 15.2. The topological polar surface area (TPSA) is 70.7 Å². The molecular weight excluding hydrogens is 352 g/mol. The van der Waals surface area contributed by atoms with Crippen molar-refractivity contribution in [2.45, 2.75) is 13.3 Å². The predicted molar refractivity (Wildman–Crippen MR) is 102 cm³/mol. The van der Waals surface area contributed by atoms with E-state index >= 15 is 0 Å². The molecule has 7 heteroatoms. The number of thiazole rings is 1. The summed E-state index contributed by atoms with van der Waals surface area (Å²) in [5.74, 6) is 0.800. The number of nitrogens with zero attached hydrogens (tertiary/aromatic N) is 2. The second-order valence-corrected chi connectivity index (χ2v) is 7.43. The summed E-state index contributed by atoms with van der Waals surface area (Å²) in [6.07, 6.45) is 0.662. The summed E-state index contributed by atoms with van der Waals surface area (Å²) in [6, 6.07) is 9.93. The lowest BCUT2D eigenvalue weighted by molar-refractivity contribution is 0.0957. The van der Waals surface area contributed by atoms with Crippen LogP contribution in [0.4, 0.5) is 0 Å². The minimum absolute atomic E-state index is 0.0763. The maximum absolute atomic E-state index is 12.4. The van der Waals surface area contributed by atoms with Crippen LogP contribution >= 0.6 is 22.7 Å². The van der Waals surface area contributed by atoms with Gasteiger partial charge in [-0.3, -0.25) is 4.79 Å². The lowest BCUT2D eigenvalue weighted by atomic mass is 10.3. The Labute approximate surface area is 152 Å². The largest absolute Gasteiger partial charge is 0.351 e. The van der Waals surface area contributed by atoms with E-state index in [4.69, 9.17) is 0 Å². The minimum atomic E-state index is -0.0763. The van der Waals surface area contributed by atoms with Crippen molar-refractivity contribution in [1.29, 1.82) is 0 Å². The second-order valence-electron chi connectivity index (χ2n) is 5.65. The minimum Gasteiger partial charge on any atom is -0.351 e. The number of carbonyl (C=O) groups is 1. The first-order valence-corrected chi connectivity index (χ1v) is 9.68. The molecule has 25 heavy (non-hydrogen) atoms. The number of benzene rings is 1. The van der Waals surface area contributed by atoms with Gasteiger partial charge in [0, 0.05) is 23.9 Å². The highest BCUT2D eigenvalue weighted by Gasteiger charge is 2.16. The number of H-pyrrole nitrogens is 1. The van der Waals surface area contributed by atoms with Crippen LogP contribution in [0.15, 0.2) is 41.1 Å². The first kappa shape index (κ1) is 16.0. The number of carbonyl (C=O) groups excluding carboxylic acids is 1. The third kappa shape index (κ3) is 3.33. The van der Waals surface area contributed by atoms with E-state index in [0.29, 0.717) is 17.8 Å². The standard InChI is InChI=1S/C18H16N4OS2/c1-11-16(25-18(20-11)12-7-9-24-10-12)17(23)19-8-6-15-21-13-4-2-3-5-14(13)22-15/h2-5,7,9-10H,6,8H2,1H3,(H,19,23)(H,21,22). The van der Waals surface area contributed by atoms with Crippen molar-refractivity contribution in [2.75, 3.05) is 6.54 Å². The number of aromatic amines is 1. The van der Waals surface area contributed by atoms with E-state index in [1.54, 1.807) is 11.3 Å². The van der Waals surface area contributed by atoms with E-state index < -0.39 is 0 Å². The second kappa shape index (κ2) is 6.78. The van der Waals surface area contributed by atoms with Crippen molar-refractivity contribution < 1.29 is 4.79 Å². The van der Waals surface area contributed by atoms with Gasteiger partial charge >= 0.3 is 0 Å². The van der Waals surface area contributed by atoms with Crippen molar-refractivity contribution in [3.05, 3.63) is 57.5 Å². The predicted octanol–water partition coefficient (Wildman–Crippen LogP) is 4.03. The molecule has 0 saturated heterocycles. The highest BCUT2D eigenvalue weighted by atomic mass is 32.1. The molecule has 126 valence electrons. The van der Waals surface area contributed by atoms with Crippen molar-refractivity contribution in [2.24, 2.45) is 0 Å². The Kier molecular flexibility index (Phi) is 4.33. The van der Waals surface area contributed by atoms with Crippen LogP contribution in [0.3, 0.4) is 0 Å². The third-order valence-electron chi connectivity index (χ3n) is 3.86. The third-order valence-corrected chi connectivity index (χ3v) is 5.75. The number of fused-ring (bicyclic) bond motifs is 1. The Morgan fingerprint density at radius 1 is 1.24 bits per heavy atom. The number of para-hydroxylation sites is 2. The van der Waals surface area contributed by atoms with Crippen LogP contribution in [0.5, 0.6) is 0 Å². The van der Waals surface area contributed by atoms with Gasteiger partial charge in [-0.05, 0) is 30.5 Å². The Morgan fingerprint density at radius 2 is 2.12 bits per heavy atom. The van der Waals surface area contributed by atoms with Gasteiger partial charge in [-0.15, -0.1) is 11.3 Å². The average molecular weight is 368 g/mol. The number of aromatic nitrogens is 3. The SMILES string of the molecule is Cc1nc(-c2ccsc2)sc1C(=O)NCCc1nc2ccccc2[nH]1. The van der Waals surface area contributed by atoms with Crippen molar-refractivity contribution in [3.63, 3.8) is 0 Å². The molecule has 0 spiro atoms. The molecule has 4 rings (SSSR count). The highest BCUT2D eigenvalue weighted by molar-refractivity contribution is 7.17. The zero-order valence-electron chi connectivity index (χ0n) is 13.6.